The van der Waals surface area contributed by atoms with E-state index in [1.165, 1.54) is 0 Å². The van der Waals surface area contributed by atoms with Crippen LogP contribution in [0, 0.1) is 0 Å². The number of alkyl halides is 1. The van der Waals surface area contributed by atoms with Crippen molar-refractivity contribution in [2.24, 2.45) is 0 Å². The van der Waals surface area contributed by atoms with E-state index in [-0.39, 0.29) is 11.3 Å². The van der Waals surface area contributed by atoms with Gasteiger partial charge in [0.25, 0.3) is 0 Å². The first-order valence-electron chi connectivity index (χ1n) is 5.14. The molecule has 1 unspecified atom stereocenters. The van der Waals surface area contributed by atoms with Crippen LogP contribution in [0.1, 0.15) is 11.3 Å². The highest BCUT2D eigenvalue weighted by molar-refractivity contribution is 7.10. The number of hydrogen-bond donors (Lipinski definition) is 1. The Labute approximate surface area is 105 Å². The SMILES string of the molecule is COCC(Cl)CCNC(=O)Cc1cccs1. The Kier molecular flexibility index (Phi) is 6.45. The summed E-state index contributed by atoms with van der Waals surface area (Å²) in [5.74, 6) is 0.0451. The van der Waals surface area contributed by atoms with E-state index in [9.17, 15) is 4.79 Å². The van der Waals surface area contributed by atoms with Gasteiger partial charge in [0.1, 0.15) is 0 Å². The molecule has 1 amide bonds. The zero-order chi connectivity index (χ0) is 11.8. The summed E-state index contributed by atoms with van der Waals surface area (Å²) in [5, 5.41) is 4.77. The van der Waals surface area contributed by atoms with Crippen molar-refractivity contribution in [3.63, 3.8) is 0 Å². The molecule has 90 valence electrons. The normalized spacial score (nSPS) is 12.4. The Morgan fingerprint density at radius 1 is 1.69 bits per heavy atom. The molecule has 0 saturated heterocycles. The highest BCUT2D eigenvalue weighted by Crippen LogP contribution is 2.08. The number of methoxy groups -OCH3 is 1. The summed E-state index contributed by atoms with van der Waals surface area (Å²) in [6, 6.07) is 3.90. The third-order valence-electron chi connectivity index (χ3n) is 2.04. The van der Waals surface area contributed by atoms with Gasteiger partial charge in [-0.3, -0.25) is 4.79 Å². The lowest BCUT2D eigenvalue weighted by molar-refractivity contribution is -0.120. The number of hydrogen-bond acceptors (Lipinski definition) is 3. The zero-order valence-corrected chi connectivity index (χ0v) is 10.8. The van der Waals surface area contributed by atoms with E-state index in [0.717, 1.165) is 11.3 Å². The third kappa shape index (κ3) is 5.49. The number of halogens is 1. The zero-order valence-electron chi connectivity index (χ0n) is 9.24. The van der Waals surface area contributed by atoms with Gasteiger partial charge in [-0.1, -0.05) is 6.07 Å². The largest absolute Gasteiger partial charge is 0.383 e. The first-order chi connectivity index (χ1) is 7.72. The number of nitrogens with one attached hydrogen (secondary N) is 1. The maximum atomic E-state index is 11.5. The fraction of sp³-hybridized carbons (Fsp3) is 0.545. The van der Waals surface area contributed by atoms with Crippen molar-refractivity contribution in [2.75, 3.05) is 20.3 Å². The number of amides is 1. The molecule has 0 spiro atoms. The Morgan fingerprint density at radius 2 is 2.50 bits per heavy atom. The predicted molar refractivity (Wildman–Crippen MR) is 67.2 cm³/mol. The summed E-state index contributed by atoms with van der Waals surface area (Å²) in [4.78, 5) is 12.6. The Morgan fingerprint density at radius 3 is 3.12 bits per heavy atom. The molecule has 0 saturated carbocycles. The molecule has 1 heterocycles. The van der Waals surface area contributed by atoms with Crippen LogP contribution in [0.15, 0.2) is 17.5 Å². The average Bonchev–Trinajstić information content (AvgIpc) is 2.70. The van der Waals surface area contributed by atoms with Gasteiger partial charge in [-0.25, -0.2) is 0 Å². The molecule has 0 radical (unpaired) electrons. The highest BCUT2D eigenvalue weighted by Gasteiger charge is 2.06. The quantitative estimate of drug-likeness (QED) is 0.763. The van der Waals surface area contributed by atoms with E-state index in [2.05, 4.69) is 5.32 Å². The average molecular weight is 262 g/mol. The standard InChI is InChI=1S/C11H16ClNO2S/c1-15-8-9(12)4-5-13-11(14)7-10-3-2-6-16-10/h2-3,6,9H,4-5,7-8H2,1H3,(H,13,14). The second kappa shape index (κ2) is 7.65. The number of thiophene rings is 1. The van der Waals surface area contributed by atoms with Crippen LogP contribution in [0.5, 0.6) is 0 Å². The minimum Gasteiger partial charge on any atom is -0.383 e. The van der Waals surface area contributed by atoms with Crippen molar-refractivity contribution in [1.29, 1.82) is 0 Å². The van der Waals surface area contributed by atoms with Crippen LogP contribution in [-0.4, -0.2) is 31.5 Å². The molecule has 0 aliphatic carbocycles. The highest BCUT2D eigenvalue weighted by atomic mass is 35.5. The smallest absolute Gasteiger partial charge is 0.225 e. The maximum Gasteiger partial charge on any atom is 0.225 e. The summed E-state index contributed by atoms with van der Waals surface area (Å²) < 4.78 is 4.90. The van der Waals surface area contributed by atoms with Gasteiger partial charge in [0.15, 0.2) is 0 Å². The number of rotatable bonds is 7. The van der Waals surface area contributed by atoms with Crippen LogP contribution in [0.3, 0.4) is 0 Å². The second-order valence-electron chi connectivity index (χ2n) is 3.45. The molecule has 16 heavy (non-hydrogen) atoms. The molecule has 0 aliphatic rings. The molecule has 1 rings (SSSR count). The Hall–Kier alpha value is -0.580. The summed E-state index contributed by atoms with van der Waals surface area (Å²) in [6.07, 6.45) is 1.18. The molecule has 1 N–H and O–H groups in total. The van der Waals surface area contributed by atoms with E-state index in [1.807, 2.05) is 17.5 Å². The van der Waals surface area contributed by atoms with Crippen molar-refractivity contribution in [3.05, 3.63) is 22.4 Å². The first kappa shape index (κ1) is 13.5. The molecule has 1 aromatic rings. The molecule has 1 aromatic heterocycles. The molecule has 0 bridgehead atoms. The lowest BCUT2D eigenvalue weighted by Crippen LogP contribution is -2.28. The van der Waals surface area contributed by atoms with Crippen LogP contribution < -0.4 is 5.32 Å². The van der Waals surface area contributed by atoms with Crippen molar-refractivity contribution < 1.29 is 9.53 Å². The van der Waals surface area contributed by atoms with Crippen LogP contribution in [0.25, 0.3) is 0 Å². The van der Waals surface area contributed by atoms with Gasteiger partial charge in [-0.15, -0.1) is 22.9 Å². The van der Waals surface area contributed by atoms with Gasteiger partial charge >= 0.3 is 0 Å². The summed E-state index contributed by atoms with van der Waals surface area (Å²) in [6.45, 7) is 1.12. The summed E-state index contributed by atoms with van der Waals surface area (Å²) >= 11 is 7.53. The van der Waals surface area contributed by atoms with Crippen molar-refractivity contribution in [1.82, 2.24) is 5.32 Å². The minimum absolute atomic E-state index is 0.0352. The van der Waals surface area contributed by atoms with Gasteiger partial charge in [-0.2, -0.15) is 0 Å². The molecular formula is C11H16ClNO2S. The molecule has 1 atom stereocenters. The van der Waals surface area contributed by atoms with Crippen molar-refractivity contribution in [3.8, 4) is 0 Å². The monoisotopic (exact) mass is 261 g/mol. The van der Waals surface area contributed by atoms with E-state index in [0.29, 0.717) is 19.6 Å². The fourth-order valence-electron chi connectivity index (χ4n) is 1.27. The molecule has 5 heteroatoms. The topological polar surface area (TPSA) is 38.3 Å². The van der Waals surface area contributed by atoms with Gasteiger partial charge in [0, 0.05) is 18.5 Å². The third-order valence-corrected chi connectivity index (χ3v) is 3.26. The molecule has 0 fully saturated rings. The Balaban J connectivity index is 2.11. The van der Waals surface area contributed by atoms with E-state index < -0.39 is 0 Å². The van der Waals surface area contributed by atoms with Crippen LogP contribution in [0.2, 0.25) is 0 Å². The lowest BCUT2D eigenvalue weighted by Gasteiger charge is -2.08. The van der Waals surface area contributed by atoms with Crippen LogP contribution >= 0.6 is 22.9 Å². The summed E-state index contributed by atoms with van der Waals surface area (Å²) in [7, 11) is 1.62. The van der Waals surface area contributed by atoms with Crippen molar-refractivity contribution in [2.45, 2.75) is 18.2 Å². The molecule has 0 aliphatic heterocycles. The van der Waals surface area contributed by atoms with Crippen LogP contribution in [0.4, 0.5) is 0 Å². The molecular weight excluding hydrogens is 246 g/mol. The van der Waals surface area contributed by atoms with E-state index in [1.54, 1.807) is 18.4 Å². The lowest BCUT2D eigenvalue weighted by atomic mass is 10.3. The second-order valence-corrected chi connectivity index (χ2v) is 5.10. The van der Waals surface area contributed by atoms with Gasteiger partial charge in [-0.05, 0) is 17.9 Å². The Bertz CT molecular complexity index is 303. The van der Waals surface area contributed by atoms with E-state index >= 15 is 0 Å². The van der Waals surface area contributed by atoms with E-state index in [4.69, 9.17) is 16.3 Å². The number of carbonyl (C=O) groups excluding carboxylic acids is 1. The van der Waals surface area contributed by atoms with Gasteiger partial charge in [0.05, 0.1) is 18.4 Å². The molecule has 3 nitrogen and oxygen atoms in total. The maximum absolute atomic E-state index is 11.5. The fourth-order valence-corrected chi connectivity index (χ4v) is 2.20. The summed E-state index contributed by atoms with van der Waals surface area (Å²) in [5.41, 5.74) is 0. The first-order valence-corrected chi connectivity index (χ1v) is 6.46. The predicted octanol–water partition coefficient (Wildman–Crippen LogP) is 2.05. The minimum atomic E-state index is -0.0352. The van der Waals surface area contributed by atoms with Crippen LogP contribution in [-0.2, 0) is 16.0 Å². The molecule has 0 aromatic carbocycles. The number of carbonyl (C=O) groups is 1. The van der Waals surface area contributed by atoms with Gasteiger partial charge in [0.2, 0.25) is 5.91 Å². The number of ether oxygens (including phenoxy) is 1. The van der Waals surface area contributed by atoms with Gasteiger partial charge < -0.3 is 10.1 Å². The van der Waals surface area contributed by atoms with Crippen molar-refractivity contribution >= 4 is 28.8 Å².